The number of benzene rings is 2. The van der Waals surface area contributed by atoms with Crippen molar-refractivity contribution in [2.75, 3.05) is 22.8 Å². The minimum Gasteiger partial charge on any atom is -0.490 e. The number of hydrogen-bond donors (Lipinski definition) is 1. The molecule has 0 spiro atoms. The molecule has 0 saturated heterocycles. The molecule has 1 amide bonds. The zero-order valence-electron chi connectivity index (χ0n) is 18.5. The van der Waals surface area contributed by atoms with Gasteiger partial charge in [0, 0.05) is 11.6 Å². The highest BCUT2D eigenvalue weighted by molar-refractivity contribution is 7.92. The van der Waals surface area contributed by atoms with Crippen molar-refractivity contribution in [1.29, 1.82) is 0 Å². The molecule has 8 heteroatoms. The van der Waals surface area contributed by atoms with Crippen LogP contribution in [-0.4, -0.2) is 27.5 Å². The molecular formula is C23H29ClN2O4S. The SMILES string of the molecule is Cc1ccc(S(=O)(=O)Nc2ccc3c(c2)N(CCC(C)C)C(=O)C(C)(C)CO3)cc1Cl. The van der Waals surface area contributed by atoms with Crippen LogP contribution in [0.2, 0.25) is 5.02 Å². The summed E-state index contributed by atoms with van der Waals surface area (Å²) in [6.45, 7) is 10.5. The number of halogens is 1. The van der Waals surface area contributed by atoms with E-state index in [1.807, 2.05) is 20.8 Å². The van der Waals surface area contributed by atoms with E-state index in [-0.39, 0.29) is 17.4 Å². The van der Waals surface area contributed by atoms with Crippen LogP contribution in [0.5, 0.6) is 5.75 Å². The molecule has 1 N–H and O–H groups in total. The van der Waals surface area contributed by atoms with Crippen LogP contribution in [0.15, 0.2) is 41.3 Å². The van der Waals surface area contributed by atoms with Gasteiger partial charge in [-0.2, -0.15) is 0 Å². The second kappa shape index (κ2) is 8.71. The molecule has 6 nitrogen and oxygen atoms in total. The summed E-state index contributed by atoms with van der Waals surface area (Å²) in [5.41, 5.74) is 1.03. The number of fused-ring (bicyclic) bond motifs is 1. The number of nitrogens with zero attached hydrogens (tertiary/aromatic N) is 1. The van der Waals surface area contributed by atoms with E-state index in [0.717, 1.165) is 12.0 Å². The Morgan fingerprint density at radius 1 is 1.19 bits per heavy atom. The zero-order chi connectivity index (χ0) is 23.0. The lowest BCUT2D eigenvalue weighted by Crippen LogP contribution is -2.42. The second-order valence-electron chi connectivity index (χ2n) is 9.01. The van der Waals surface area contributed by atoms with Gasteiger partial charge in [0.05, 0.1) is 21.7 Å². The zero-order valence-corrected chi connectivity index (χ0v) is 20.1. The molecule has 31 heavy (non-hydrogen) atoms. The number of ether oxygens (including phenoxy) is 1. The van der Waals surface area contributed by atoms with Gasteiger partial charge in [-0.25, -0.2) is 8.42 Å². The smallest absolute Gasteiger partial charge is 0.261 e. The number of sulfonamides is 1. The van der Waals surface area contributed by atoms with Crippen molar-refractivity contribution < 1.29 is 17.9 Å². The van der Waals surface area contributed by atoms with E-state index in [2.05, 4.69) is 18.6 Å². The maximum absolute atomic E-state index is 13.2. The molecule has 2 aromatic rings. The van der Waals surface area contributed by atoms with Crippen molar-refractivity contribution in [3.8, 4) is 5.75 Å². The Hall–Kier alpha value is -2.25. The van der Waals surface area contributed by atoms with E-state index in [1.54, 1.807) is 29.2 Å². The van der Waals surface area contributed by atoms with Crippen molar-refractivity contribution in [1.82, 2.24) is 0 Å². The highest BCUT2D eigenvalue weighted by Gasteiger charge is 2.37. The first-order chi connectivity index (χ1) is 14.4. The van der Waals surface area contributed by atoms with Crippen molar-refractivity contribution >= 4 is 38.9 Å². The molecule has 0 unspecified atom stereocenters. The Labute approximate surface area is 189 Å². The minimum atomic E-state index is -3.85. The van der Waals surface area contributed by atoms with Gasteiger partial charge in [-0.05, 0) is 69.0 Å². The lowest BCUT2D eigenvalue weighted by atomic mass is 9.92. The molecule has 0 fully saturated rings. The van der Waals surface area contributed by atoms with Gasteiger partial charge in [0.25, 0.3) is 10.0 Å². The Balaban J connectivity index is 1.98. The molecule has 0 bridgehead atoms. The first kappa shape index (κ1) is 23.4. The third kappa shape index (κ3) is 5.15. The normalized spacial score (nSPS) is 16.0. The van der Waals surface area contributed by atoms with E-state index < -0.39 is 15.4 Å². The maximum atomic E-state index is 13.2. The quantitative estimate of drug-likeness (QED) is 0.633. The molecule has 3 rings (SSSR count). The minimum absolute atomic E-state index is 0.0442. The predicted molar refractivity (Wildman–Crippen MR) is 125 cm³/mol. The van der Waals surface area contributed by atoms with E-state index in [4.69, 9.17) is 16.3 Å². The fourth-order valence-corrected chi connectivity index (χ4v) is 4.59. The second-order valence-corrected chi connectivity index (χ2v) is 11.1. The fourth-order valence-electron chi connectivity index (χ4n) is 3.27. The van der Waals surface area contributed by atoms with Gasteiger partial charge >= 0.3 is 0 Å². The lowest BCUT2D eigenvalue weighted by molar-refractivity contribution is -0.127. The molecule has 1 aliphatic heterocycles. The number of nitrogens with one attached hydrogen (secondary N) is 1. The summed E-state index contributed by atoms with van der Waals surface area (Å²) in [7, 11) is -3.85. The largest absolute Gasteiger partial charge is 0.490 e. The summed E-state index contributed by atoms with van der Waals surface area (Å²) in [6.07, 6.45) is 0.819. The Kier molecular flexibility index (Phi) is 6.58. The lowest BCUT2D eigenvalue weighted by Gasteiger charge is -2.28. The number of hydrogen-bond acceptors (Lipinski definition) is 4. The highest BCUT2D eigenvalue weighted by atomic mass is 35.5. The van der Waals surface area contributed by atoms with E-state index >= 15 is 0 Å². The summed E-state index contributed by atoms with van der Waals surface area (Å²) >= 11 is 6.11. The van der Waals surface area contributed by atoms with Gasteiger partial charge in [-0.1, -0.05) is 31.5 Å². The summed E-state index contributed by atoms with van der Waals surface area (Å²) in [5, 5.41) is 0.380. The van der Waals surface area contributed by atoms with Gasteiger partial charge in [-0.3, -0.25) is 9.52 Å². The van der Waals surface area contributed by atoms with Crippen molar-refractivity contribution in [3.05, 3.63) is 47.0 Å². The summed E-state index contributed by atoms with van der Waals surface area (Å²) in [6, 6.07) is 9.59. The van der Waals surface area contributed by atoms with Crippen molar-refractivity contribution in [3.63, 3.8) is 0 Å². The number of carbonyl (C=O) groups excluding carboxylic acids is 1. The molecule has 1 aliphatic rings. The summed E-state index contributed by atoms with van der Waals surface area (Å²) in [4.78, 5) is 15.0. The van der Waals surface area contributed by atoms with Gasteiger partial charge in [0.1, 0.15) is 12.4 Å². The van der Waals surface area contributed by atoms with Crippen molar-refractivity contribution in [2.45, 2.75) is 45.9 Å². The van der Waals surface area contributed by atoms with E-state index in [9.17, 15) is 13.2 Å². The van der Waals surface area contributed by atoms with Crippen LogP contribution in [0.3, 0.4) is 0 Å². The number of aryl methyl sites for hydroxylation is 1. The first-order valence-electron chi connectivity index (χ1n) is 10.3. The van der Waals surface area contributed by atoms with Crippen LogP contribution in [0.1, 0.15) is 39.7 Å². The summed E-state index contributed by atoms with van der Waals surface area (Å²) < 4.78 is 34.3. The number of rotatable bonds is 6. The third-order valence-electron chi connectivity index (χ3n) is 5.30. The average molecular weight is 465 g/mol. The molecule has 1 heterocycles. The van der Waals surface area contributed by atoms with Gasteiger partial charge in [0.2, 0.25) is 5.91 Å². The predicted octanol–water partition coefficient (Wildman–Crippen LogP) is 5.25. The van der Waals surface area contributed by atoms with E-state index in [0.29, 0.717) is 34.6 Å². The molecule has 168 valence electrons. The van der Waals surface area contributed by atoms with Crippen LogP contribution in [0.25, 0.3) is 0 Å². The van der Waals surface area contributed by atoms with Crippen LogP contribution in [-0.2, 0) is 14.8 Å². The Morgan fingerprint density at radius 3 is 2.55 bits per heavy atom. The molecule has 2 aromatic carbocycles. The molecule has 0 saturated carbocycles. The Morgan fingerprint density at radius 2 is 1.90 bits per heavy atom. The monoisotopic (exact) mass is 464 g/mol. The number of anilines is 2. The standard InChI is InChI=1S/C23H29ClN2O4S/c1-15(2)10-11-26-20-12-17(7-9-21(20)30-14-23(4,5)22(26)27)25-31(28,29)18-8-6-16(3)19(24)13-18/h6-9,12-13,15,25H,10-11,14H2,1-5H3. The molecular weight excluding hydrogens is 436 g/mol. The molecule has 0 aromatic heterocycles. The van der Waals surface area contributed by atoms with Crippen LogP contribution in [0, 0.1) is 18.3 Å². The van der Waals surface area contributed by atoms with Crippen molar-refractivity contribution in [2.24, 2.45) is 11.3 Å². The highest BCUT2D eigenvalue weighted by Crippen LogP contribution is 2.39. The third-order valence-corrected chi connectivity index (χ3v) is 7.08. The molecule has 0 aliphatic carbocycles. The fraction of sp³-hybridized carbons (Fsp3) is 0.435. The average Bonchev–Trinajstić information content (AvgIpc) is 2.77. The number of carbonyl (C=O) groups is 1. The molecule has 0 radical (unpaired) electrons. The van der Waals surface area contributed by atoms with Crippen LogP contribution >= 0.6 is 11.6 Å². The van der Waals surface area contributed by atoms with Gasteiger partial charge in [0.15, 0.2) is 0 Å². The van der Waals surface area contributed by atoms with Crippen LogP contribution < -0.4 is 14.4 Å². The van der Waals surface area contributed by atoms with Crippen LogP contribution in [0.4, 0.5) is 11.4 Å². The summed E-state index contributed by atoms with van der Waals surface area (Å²) in [5.74, 6) is 0.928. The maximum Gasteiger partial charge on any atom is 0.261 e. The van der Waals surface area contributed by atoms with Gasteiger partial charge < -0.3 is 9.64 Å². The topological polar surface area (TPSA) is 75.7 Å². The number of amides is 1. The first-order valence-corrected chi connectivity index (χ1v) is 12.1. The Bertz CT molecular complexity index is 1100. The molecule has 0 atom stereocenters. The van der Waals surface area contributed by atoms with E-state index in [1.165, 1.54) is 12.1 Å². The van der Waals surface area contributed by atoms with Gasteiger partial charge in [-0.15, -0.1) is 0 Å².